The van der Waals surface area contributed by atoms with Crippen LogP contribution in [0.3, 0.4) is 0 Å². The molecule has 1 aliphatic rings. The Kier molecular flexibility index (Phi) is 5.83. The van der Waals surface area contributed by atoms with Crippen LogP contribution in [-0.2, 0) is 10.8 Å². The van der Waals surface area contributed by atoms with E-state index in [1.165, 1.54) is 25.7 Å². The van der Waals surface area contributed by atoms with E-state index in [1.54, 1.807) is 6.26 Å². The molecule has 2 nitrogen and oxygen atoms in total. The first kappa shape index (κ1) is 13.2. The second-order valence-electron chi connectivity index (χ2n) is 4.92. The molecule has 1 rings (SSSR count). The molecule has 1 N–H and O–H groups in total. The summed E-state index contributed by atoms with van der Waals surface area (Å²) in [6.45, 7) is 5.44. The molecule has 0 aromatic carbocycles. The van der Waals surface area contributed by atoms with Gasteiger partial charge in [0.25, 0.3) is 0 Å². The van der Waals surface area contributed by atoms with Gasteiger partial charge in [0.05, 0.1) is 0 Å². The molecule has 4 unspecified atom stereocenters. The van der Waals surface area contributed by atoms with E-state index in [9.17, 15) is 4.21 Å². The first-order valence-electron chi connectivity index (χ1n) is 6.17. The van der Waals surface area contributed by atoms with Crippen LogP contribution in [0.1, 0.15) is 46.0 Å². The number of nitrogens with one attached hydrogen (secondary N) is 1. The molecule has 90 valence electrons. The van der Waals surface area contributed by atoms with Gasteiger partial charge in [-0.05, 0) is 31.7 Å². The van der Waals surface area contributed by atoms with Crippen molar-refractivity contribution in [3.8, 4) is 0 Å². The predicted octanol–water partition coefficient (Wildman–Crippen LogP) is 2.31. The lowest BCUT2D eigenvalue weighted by atomic mass is 9.86. The molecule has 1 saturated carbocycles. The second-order valence-corrected chi connectivity index (χ2v) is 6.72. The minimum absolute atomic E-state index is 0.330. The Hall–Kier alpha value is 0.110. The molecule has 1 fully saturated rings. The van der Waals surface area contributed by atoms with Crippen LogP contribution in [0.15, 0.2) is 0 Å². The lowest BCUT2D eigenvalue weighted by molar-refractivity contribution is 0.280. The number of rotatable bonds is 5. The Morgan fingerprint density at radius 2 is 2.07 bits per heavy atom. The number of hydrogen-bond donors (Lipinski definition) is 1. The summed E-state index contributed by atoms with van der Waals surface area (Å²) in [5.74, 6) is 0.821. The average molecular weight is 231 g/mol. The summed E-state index contributed by atoms with van der Waals surface area (Å²) in [4.78, 5) is 0. The minimum atomic E-state index is -0.665. The van der Waals surface area contributed by atoms with Gasteiger partial charge in [-0.1, -0.05) is 26.7 Å². The van der Waals surface area contributed by atoms with Gasteiger partial charge in [-0.3, -0.25) is 4.21 Å². The van der Waals surface area contributed by atoms with Crippen molar-refractivity contribution in [1.29, 1.82) is 0 Å². The molecular weight excluding hydrogens is 206 g/mol. The molecule has 4 atom stereocenters. The van der Waals surface area contributed by atoms with Gasteiger partial charge in [-0.2, -0.15) is 0 Å². The third-order valence-corrected chi connectivity index (χ3v) is 5.00. The summed E-state index contributed by atoms with van der Waals surface area (Å²) in [5.41, 5.74) is 0. The Balaban J connectivity index is 2.16. The molecule has 0 aromatic rings. The van der Waals surface area contributed by atoms with Gasteiger partial charge in [-0.25, -0.2) is 0 Å². The van der Waals surface area contributed by atoms with Gasteiger partial charge in [-0.15, -0.1) is 0 Å². The highest BCUT2D eigenvalue weighted by Gasteiger charge is 2.20. The topological polar surface area (TPSA) is 29.1 Å². The zero-order valence-corrected chi connectivity index (χ0v) is 11.1. The SMILES string of the molecule is CC1CCCCC1NCCC(C)S(C)=O. The highest BCUT2D eigenvalue weighted by Crippen LogP contribution is 2.23. The Bertz CT molecular complexity index is 208. The fourth-order valence-electron chi connectivity index (χ4n) is 2.26. The van der Waals surface area contributed by atoms with Crippen LogP contribution in [0.25, 0.3) is 0 Å². The quantitative estimate of drug-likeness (QED) is 0.787. The Labute approximate surface area is 96.7 Å². The van der Waals surface area contributed by atoms with Gasteiger partial charge in [0, 0.05) is 28.3 Å². The van der Waals surface area contributed by atoms with E-state index < -0.39 is 10.8 Å². The van der Waals surface area contributed by atoms with Gasteiger partial charge in [0.1, 0.15) is 0 Å². The molecule has 3 heteroatoms. The van der Waals surface area contributed by atoms with Gasteiger partial charge in [0.15, 0.2) is 0 Å². The summed E-state index contributed by atoms with van der Waals surface area (Å²) < 4.78 is 11.2. The molecule has 0 spiro atoms. The zero-order valence-electron chi connectivity index (χ0n) is 10.3. The van der Waals surface area contributed by atoms with Gasteiger partial charge < -0.3 is 5.32 Å². The van der Waals surface area contributed by atoms with E-state index in [0.717, 1.165) is 18.9 Å². The minimum Gasteiger partial charge on any atom is -0.314 e. The second kappa shape index (κ2) is 6.64. The van der Waals surface area contributed by atoms with E-state index in [0.29, 0.717) is 11.3 Å². The molecule has 0 aromatic heterocycles. The van der Waals surface area contributed by atoms with Gasteiger partial charge in [0.2, 0.25) is 0 Å². The molecular formula is C12H25NOS. The summed E-state index contributed by atoms with van der Waals surface area (Å²) in [6, 6.07) is 0.705. The van der Waals surface area contributed by atoms with Crippen molar-refractivity contribution in [2.24, 2.45) is 5.92 Å². The smallest absolute Gasteiger partial charge is 0.0329 e. The zero-order chi connectivity index (χ0) is 11.3. The molecule has 15 heavy (non-hydrogen) atoms. The molecule has 0 saturated heterocycles. The van der Waals surface area contributed by atoms with Crippen LogP contribution in [-0.4, -0.2) is 28.3 Å². The summed E-state index contributed by atoms with van der Waals surface area (Å²) in [7, 11) is -0.665. The maximum Gasteiger partial charge on any atom is 0.0329 e. The predicted molar refractivity (Wildman–Crippen MR) is 67.6 cm³/mol. The van der Waals surface area contributed by atoms with Gasteiger partial charge >= 0.3 is 0 Å². The Morgan fingerprint density at radius 1 is 1.40 bits per heavy atom. The summed E-state index contributed by atoms with van der Waals surface area (Å²) in [5, 5.41) is 3.95. The van der Waals surface area contributed by atoms with Crippen molar-refractivity contribution in [3.63, 3.8) is 0 Å². The van der Waals surface area contributed by atoms with Crippen molar-refractivity contribution in [2.45, 2.75) is 57.2 Å². The highest BCUT2D eigenvalue weighted by molar-refractivity contribution is 7.84. The fraction of sp³-hybridized carbons (Fsp3) is 1.00. The van der Waals surface area contributed by atoms with E-state index in [1.807, 2.05) is 0 Å². The van der Waals surface area contributed by atoms with Crippen molar-refractivity contribution in [1.82, 2.24) is 5.32 Å². The van der Waals surface area contributed by atoms with Crippen molar-refractivity contribution < 1.29 is 4.21 Å². The van der Waals surface area contributed by atoms with Crippen LogP contribution in [0, 0.1) is 5.92 Å². The highest BCUT2D eigenvalue weighted by atomic mass is 32.2. The lowest BCUT2D eigenvalue weighted by Crippen LogP contribution is -2.38. The van der Waals surface area contributed by atoms with Crippen molar-refractivity contribution in [2.75, 3.05) is 12.8 Å². The molecule has 0 bridgehead atoms. The van der Waals surface area contributed by atoms with Crippen LogP contribution in [0.4, 0.5) is 0 Å². The first-order chi connectivity index (χ1) is 7.11. The van der Waals surface area contributed by atoms with Crippen LogP contribution >= 0.6 is 0 Å². The number of hydrogen-bond acceptors (Lipinski definition) is 2. The Morgan fingerprint density at radius 3 is 2.67 bits per heavy atom. The van der Waals surface area contributed by atoms with E-state index >= 15 is 0 Å². The summed E-state index contributed by atoms with van der Waals surface area (Å²) >= 11 is 0. The maximum absolute atomic E-state index is 11.2. The lowest BCUT2D eigenvalue weighted by Gasteiger charge is -2.30. The van der Waals surface area contributed by atoms with Crippen LogP contribution in [0.5, 0.6) is 0 Å². The molecule has 0 heterocycles. The maximum atomic E-state index is 11.2. The molecule has 0 amide bonds. The van der Waals surface area contributed by atoms with E-state index in [4.69, 9.17) is 0 Å². The third kappa shape index (κ3) is 4.64. The van der Waals surface area contributed by atoms with Crippen LogP contribution in [0.2, 0.25) is 0 Å². The van der Waals surface area contributed by atoms with Crippen molar-refractivity contribution in [3.05, 3.63) is 0 Å². The fourth-order valence-corrected chi connectivity index (χ4v) is 2.71. The standard InChI is InChI=1S/C12H25NOS/c1-10-6-4-5-7-12(10)13-9-8-11(2)15(3)14/h10-13H,4-9H2,1-3H3. The monoisotopic (exact) mass is 231 g/mol. The first-order valence-corrected chi connectivity index (χ1v) is 7.79. The normalized spacial score (nSPS) is 31.1. The summed E-state index contributed by atoms with van der Waals surface area (Å²) in [6.07, 6.45) is 8.30. The molecule has 1 aliphatic carbocycles. The third-order valence-electron chi connectivity index (χ3n) is 3.64. The van der Waals surface area contributed by atoms with Crippen molar-refractivity contribution >= 4 is 10.8 Å². The molecule has 0 aliphatic heterocycles. The largest absolute Gasteiger partial charge is 0.314 e. The van der Waals surface area contributed by atoms with E-state index in [2.05, 4.69) is 19.2 Å². The van der Waals surface area contributed by atoms with E-state index in [-0.39, 0.29) is 0 Å². The average Bonchev–Trinajstić information content (AvgIpc) is 2.20. The van der Waals surface area contributed by atoms with Crippen LogP contribution < -0.4 is 5.32 Å². The molecule has 0 radical (unpaired) electrons.